The summed E-state index contributed by atoms with van der Waals surface area (Å²) in [6, 6.07) is 0. The molecule has 2 heteroatoms. The number of fused-ring (bicyclic) bond motifs is 2. The Bertz CT molecular complexity index is 176. The fourth-order valence-corrected chi connectivity index (χ4v) is 1.98. The van der Waals surface area contributed by atoms with Crippen LogP contribution in [-0.4, -0.2) is 23.4 Å². The Hall–Kier alpha value is -0.340. The SMILES string of the molecule is CCC(O)C1CC2C=CC1O2. The third kappa shape index (κ3) is 1.10. The van der Waals surface area contributed by atoms with Crippen molar-refractivity contribution >= 4 is 0 Å². The lowest BCUT2D eigenvalue weighted by atomic mass is 9.88. The van der Waals surface area contributed by atoms with Gasteiger partial charge >= 0.3 is 0 Å². The van der Waals surface area contributed by atoms with Crippen LogP contribution in [-0.2, 0) is 4.74 Å². The summed E-state index contributed by atoms with van der Waals surface area (Å²) in [5.74, 6) is 0.356. The molecule has 4 atom stereocenters. The van der Waals surface area contributed by atoms with Crippen molar-refractivity contribution in [2.45, 2.75) is 38.1 Å². The van der Waals surface area contributed by atoms with E-state index < -0.39 is 0 Å². The highest BCUT2D eigenvalue weighted by Crippen LogP contribution is 2.36. The molecular formula is C9H14O2. The molecule has 0 amide bonds. The molecule has 0 aliphatic carbocycles. The molecule has 2 bridgehead atoms. The first kappa shape index (κ1) is 7.32. The quantitative estimate of drug-likeness (QED) is 0.603. The van der Waals surface area contributed by atoms with Crippen LogP contribution in [0.15, 0.2) is 12.2 Å². The minimum Gasteiger partial charge on any atom is -0.393 e. The van der Waals surface area contributed by atoms with Crippen LogP contribution in [0.3, 0.4) is 0 Å². The molecule has 0 aromatic heterocycles. The smallest absolute Gasteiger partial charge is 0.0818 e. The second-order valence-electron chi connectivity index (χ2n) is 3.40. The molecule has 2 aliphatic rings. The van der Waals surface area contributed by atoms with Gasteiger partial charge in [-0.1, -0.05) is 19.1 Å². The topological polar surface area (TPSA) is 29.5 Å². The van der Waals surface area contributed by atoms with Crippen LogP contribution in [0, 0.1) is 5.92 Å². The fraction of sp³-hybridized carbons (Fsp3) is 0.778. The Morgan fingerprint density at radius 2 is 2.45 bits per heavy atom. The number of ether oxygens (including phenoxy) is 1. The van der Waals surface area contributed by atoms with Gasteiger partial charge in [0.05, 0.1) is 18.3 Å². The summed E-state index contributed by atoms with van der Waals surface area (Å²) >= 11 is 0. The van der Waals surface area contributed by atoms with Gasteiger partial charge in [-0.05, 0) is 12.8 Å². The highest BCUT2D eigenvalue weighted by Gasteiger charge is 2.39. The van der Waals surface area contributed by atoms with Crippen LogP contribution in [0.1, 0.15) is 19.8 Å². The summed E-state index contributed by atoms with van der Waals surface area (Å²) in [4.78, 5) is 0. The number of aliphatic hydroxyl groups excluding tert-OH is 1. The molecule has 1 fully saturated rings. The highest BCUT2D eigenvalue weighted by atomic mass is 16.5. The van der Waals surface area contributed by atoms with Gasteiger partial charge in [0.2, 0.25) is 0 Å². The zero-order chi connectivity index (χ0) is 7.84. The lowest BCUT2D eigenvalue weighted by Gasteiger charge is -2.20. The molecule has 0 radical (unpaired) electrons. The molecule has 1 saturated heterocycles. The average Bonchev–Trinajstić information content (AvgIpc) is 2.62. The zero-order valence-electron chi connectivity index (χ0n) is 6.73. The van der Waals surface area contributed by atoms with E-state index in [-0.39, 0.29) is 12.2 Å². The average molecular weight is 154 g/mol. The van der Waals surface area contributed by atoms with Crippen LogP contribution in [0.2, 0.25) is 0 Å². The Balaban J connectivity index is 2.02. The van der Waals surface area contributed by atoms with E-state index >= 15 is 0 Å². The van der Waals surface area contributed by atoms with Gasteiger partial charge in [-0.3, -0.25) is 0 Å². The van der Waals surface area contributed by atoms with Crippen molar-refractivity contribution in [1.82, 2.24) is 0 Å². The molecule has 0 saturated carbocycles. The van der Waals surface area contributed by atoms with Crippen molar-refractivity contribution in [3.05, 3.63) is 12.2 Å². The summed E-state index contributed by atoms with van der Waals surface area (Å²) in [6.07, 6.45) is 6.36. The first-order chi connectivity index (χ1) is 5.31. The maximum Gasteiger partial charge on any atom is 0.0818 e. The first-order valence-electron chi connectivity index (χ1n) is 4.33. The molecule has 0 spiro atoms. The van der Waals surface area contributed by atoms with E-state index in [2.05, 4.69) is 12.2 Å². The molecule has 0 aromatic carbocycles. The molecule has 62 valence electrons. The van der Waals surface area contributed by atoms with E-state index in [9.17, 15) is 5.11 Å². The number of aliphatic hydroxyl groups is 1. The van der Waals surface area contributed by atoms with Crippen LogP contribution >= 0.6 is 0 Å². The summed E-state index contributed by atoms with van der Waals surface area (Å²) in [7, 11) is 0. The van der Waals surface area contributed by atoms with E-state index in [1.165, 1.54) is 0 Å². The third-order valence-electron chi connectivity index (χ3n) is 2.69. The summed E-state index contributed by atoms with van der Waals surface area (Å²) in [5, 5.41) is 9.57. The van der Waals surface area contributed by atoms with E-state index in [1.54, 1.807) is 0 Å². The minimum atomic E-state index is -0.171. The molecule has 0 aromatic rings. The fourth-order valence-electron chi connectivity index (χ4n) is 1.98. The summed E-state index contributed by atoms with van der Waals surface area (Å²) in [6.45, 7) is 2.01. The Labute approximate surface area is 66.9 Å². The normalized spacial score (nSPS) is 43.3. The van der Waals surface area contributed by atoms with E-state index in [0.29, 0.717) is 12.0 Å². The van der Waals surface area contributed by atoms with Crippen molar-refractivity contribution < 1.29 is 9.84 Å². The van der Waals surface area contributed by atoms with Crippen molar-refractivity contribution in [2.75, 3.05) is 0 Å². The van der Waals surface area contributed by atoms with E-state index in [1.807, 2.05) is 6.92 Å². The second kappa shape index (κ2) is 2.61. The van der Waals surface area contributed by atoms with Gasteiger partial charge in [0, 0.05) is 5.92 Å². The maximum absolute atomic E-state index is 9.57. The number of hydrogen-bond acceptors (Lipinski definition) is 2. The van der Waals surface area contributed by atoms with E-state index in [0.717, 1.165) is 12.8 Å². The van der Waals surface area contributed by atoms with E-state index in [4.69, 9.17) is 4.74 Å². The Kier molecular flexibility index (Phi) is 1.74. The molecule has 2 nitrogen and oxygen atoms in total. The summed E-state index contributed by atoms with van der Waals surface area (Å²) < 4.78 is 5.54. The lowest BCUT2D eigenvalue weighted by Crippen LogP contribution is -2.26. The monoisotopic (exact) mass is 154 g/mol. The van der Waals surface area contributed by atoms with Crippen molar-refractivity contribution in [1.29, 1.82) is 0 Å². The molecule has 4 unspecified atom stereocenters. The third-order valence-corrected chi connectivity index (χ3v) is 2.69. The molecule has 1 N–H and O–H groups in total. The van der Waals surface area contributed by atoms with Gasteiger partial charge in [-0.15, -0.1) is 0 Å². The zero-order valence-corrected chi connectivity index (χ0v) is 6.73. The molecule has 2 aliphatic heterocycles. The van der Waals surface area contributed by atoms with Crippen LogP contribution in [0.5, 0.6) is 0 Å². The Morgan fingerprint density at radius 3 is 2.91 bits per heavy atom. The molecule has 11 heavy (non-hydrogen) atoms. The molecule has 2 rings (SSSR count). The maximum atomic E-state index is 9.57. The molecule has 2 heterocycles. The van der Waals surface area contributed by atoms with Gasteiger partial charge in [0.25, 0.3) is 0 Å². The van der Waals surface area contributed by atoms with Crippen molar-refractivity contribution in [3.63, 3.8) is 0 Å². The molecular weight excluding hydrogens is 140 g/mol. The van der Waals surface area contributed by atoms with Crippen LogP contribution in [0.4, 0.5) is 0 Å². The second-order valence-corrected chi connectivity index (χ2v) is 3.40. The van der Waals surface area contributed by atoms with Gasteiger partial charge in [-0.2, -0.15) is 0 Å². The minimum absolute atomic E-state index is 0.171. The van der Waals surface area contributed by atoms with Gasteiger partial charge in [0.15, 0.2) is 0 Å². The Morgan fingerprint density at radius 1 is 1.64 bits per heavy atom. The van der Waals surface area contributed by atoms with Gasteiger partial charge < -0.3 is 9.84 Å². The predicted molar refractivity (Wildman–Crippen MR) is 42.2 cm³/mol. The van der Waals surface area contributed by atoms with Crippen LogP contribution in [0.25, 0.3) is 0 Å². The highest BCUT2D eigenvalue weighted by molar-refractivity contribution is 5.11. The largest absolute Gasteiger partial charge is 0.393 e. The standard InChI is InChI=1S/C9H14O2/c1-2-8(10)7-5-6-3-4-9(7)11-6/h3-4,6-10H,2,5H2,1H3. The number of hydrogen-bond donors (Lipinski definition) is 1. The predicted octanol–water partition coefficient (Wildman–Crippen LogP) is 1.10. The van der Waals surface area contributed by atoms with Gasteiger partial charge in [-0.25, -0.2) is 0 Å². The van der Waals surface area contributed by atoms with Crippen molar-refractivity contribution in [2.24, 2.45) is 5.92 Å². The first-order valence-corrected chi connectivity index (χ1v) is 4.33. The lowest BCUT2D eigenvalue weighted by molar-refractivity contribution is 0.0545. The summed E-state index contributed by atoms with van der Waals surface area (Å²) in [5.41, 5.74) is 0. The van der Waals surface area contributed by atoms with Crippen molar-refractivity contribution in [3.8, 4) is 0 Å². The number of rotatable bonds is 2. The van der Waals surface area contributed by atoms with Gasteiger partial charge in [0.1, 0.15) is 0 Å². The van der Waals surface area contributed by atoms with Crippen LogP contribution < -0.4 is 0 Å².